The highest BCUT2D eigenvalue weighted by atomic mass is 15.0. The summed E-state index contributed by atoms with van der Waals surface area (Å²) in [4.78, 5) is 5.21. The van der Waals surface area contributed by atoms with Crippen LogP contribution in [-0.2, 0) is 11.8 Å². The molecule has 0 saturated heterocycles. The molecular weight excluding hydrogens is 376 g/mol. The van der Waals surface area contributed by atoms with Gasteiger partial charge in [0.05, 0.1) is 11.0 Å². The first-order chi connectivity index (χ1) is 14.8. The molecule has 0 amide bonds. The number of hydrogen-bond donors (Lipinski definition) is 0. The zero-order valence-electron chi connectivity index (χ0n) is 20.7. The zero-order chi connectivity index (χ0) is 22.5. The first kappa shape index (κ1) is 21.9. The van der Waals surface area contributed by atoms with Gasteiger partial charge in [0.25, 0.3) is 0 Å². The van der Waals surface area contributed by atoms with Crippen LogP contribution in [0.4, 0.5) is 0 Å². The van der Waals surface area contributed by atoms with Gasteiger partial charge in [-0.2, -0.15) is 0 Å². The van der Waals surface area contributed by atoms with Gasteiger partial charge in [-0.25, -0.2) is 4.98 Å². The van der Waals surface area contributed by atoms with Crippen molar-refractivity contribution >= 4 is 27.5 Å². The molecule has 0 saturated carbocycles. The van der Waals surface area contributed by atoms with Crippen molar-refractivity contribution in [3.05, 3.63) is 58.3 Å². The van der Waals surface area contributed by atoms with Crippen LogP contribution in [0.2, 0.25) is 0 Å². The monoisotopic (exact) mass is 414 g/mol. The molecule has 1 unspecified atom stereocenters. The lowest BCUT2D eigenvalue weighted by atomic mass is 9.81. The second-order valence-corrected chi connectivity index (χ2v) is 9.74. The van der Waals surface area contributed by atoms with E-state index in [2.05, 4.69) is 76.3 Å². The first-order valence-electron chi connectivity index (χ1n) is 12.2. The van der Waals surface area contributed by atoms with Crippen molar-refractivity contribution in [1.29, 1.82) is 0 Å². The van der Waals surface area contributed by atoms with Gasteiger partial charge in [0.2, 0.25) is 0 Å². The molecular formula is C29H38N2. The Labute approximate surface area is 187 Å². The van der Waals surface area contributed by atoms with E-state index in [4.69, 9.17) is 4.98 Å². The molecule has 2 aromatic carbocycles. The average Bonchev–Trinajstić information content (AvgIpc) is 3.08. The molecule has 1 aliphatic rings. The molecule has 0 spiro atoms. The van der Waals surface area contributed by atoms with Crippen LogP contribution < -0.4 is 0 Å². The van der Waals surface area contributed by atoms with Crippen molar-refractivity contribution < 1.29 is 0 Å². The summed E-state index contributed by atoms with van der Waals surface area (Å²) >= 11 is 0. The molecule has 1 aliphatic carbocycles. The quantitative estimate of drug-likeness (QED) is 0.322. The number of hydrogen-bond acceptors (Lipinski definition) is 1. The summed E-state index contributed by atoms with van der Waals surface area (Å²) in [5.74, 6) is 0.610. The fourth-order valence-electron chi connectivity index (χ4n) is 5.33. The van der Waals surface area contributed by atoms with Gasteiger partial charge in [-0.3, -0.25) is 4.40 Å². The lowest BCUT2D eigenvalue weighted by Crippen LogP contribution is -2.15. The number of pyridine rings is 1. The van der Waals surface area contributed by atoms with Crippen molar-refractivity contribution in [3.8, 4) is 0 Å². The number of imidazole rings is 1. The molecule has 2 bridgehead atoms. The Morgan fingerprint density at radius 1 is 1.00 bits per heavy atom. The van der Waals surface area contributed by atoms with E-state index >= 15 is 0 Å². The third kappa shape index (κ3) is 3.35. The van der Waals surface area contributed by atoms with Crippen molar-refractivity contribution in [2.24, 2.45) is 0 Å². The number of rotatable bonds is 2. The fraction of sp³-hybridized carbons (Fsp3) is 0.483. The van der Waals surface area contributed by atoms with Crippen LogP contribution in [0.5, 0.6) is 0 Å². The van der Waals surface area contributed by atoms with E-state index in [1.54, 1.807) is 0 Å². The van der Waals surface area contributed by atoms with Gasteiger partial charge in [-0.1, -0.05) is 53.7 Å². The average molecular weight is 415 g/mol. The third-order valence-electron chi connectivity index (χ3n) is 7.50. The highest BCUT2D eigenvalue weighted by Gasteiger charge is 2.30. The minimum atomic E-state index is 0.236. The van der Waals surface area contributed by atoms with Crippen LogP contribution in [0.1, 0.15) is 94.7 Å². The van der Waals surface area contributed by atoms with Gasteiger partial charge < -0.3 is 0 Å². The molecule has 2 heteroatoms. The van der Waals surface area contributed by atoms with Crippen LogP contribution in [-0.4, -0.2) is 9.38 Å². The number of nitrogens with zero attached hydrogens (tertiary/aromatic N) is 2. The molecule has 1 atom stereocenters. The van der Waals surface area contributed by atoms with E-state index in [1.165, 1.54) is 63.5 Å². The Kier molecular flexibility index (Phi) is 5.62. The second kappa shape index (κ2) is 7.97. The molecule has 0 aliphatic heterocycles. The van der Waals surface area contributed by atoms with Crippen molar-refractivity contribution in [3.63, 3.8) is 0 Å². The maximum absolute atomic E-state index is 5.21. The largest absolute Gasteiger partial charge is 0.296 e. The van der Waals surface area contributed by atoms with Crippen LogP contribution in [0, 0.1) is 13.8 Å². The van der Waals surface area contributed by atoms with Gasteiger partial charge in [0.15, 0.2) is 0 Å². The first-order valence-corrected chi connectivity index (χ1v) is 12.2. The number of benzene rings is 2. The van der Waals surface area contributed by atoms with Gasteiger partial charge in [0.1, 0.15) is 5.65 Å². The lowest BCUT2D eigenvalue weighted by Gasteiger charge is -2.24. The molecule has 2 nitrogen and oxygen atoms in total. The Hall–Kier alpha value is -2.35. The summed E-state index contributed by atoms with van der Waals surface area (Å²) in [5.41, 5.74) is 10.8. The number of aromatic nitrogens is 2. The summed E-state index contributed by atoms with van der Waals surface area (Å²) in [6.45, 7) is 17.8. The SMILES string of the molecule is CC.CCc1cc2cc3cc(c2c2nc4cc(C)c(C)cc4n12)C(CC)CCC3(C)C. The van der Waals surface area contributed by atoms with Gasteiger partial charge in [-0.15, -0.1) is 0 Å². The van der Waals surface area contributed by atoms with E-state index in [1.807, 2.05) is 13.8 Å². The highest BCUT2D eigenvalue weighted by molar-refractivity contribution is 6.02. The zero-order valence-corrected chi connectivity index (χ0v) is 20.7. The number of aryl methyl sites for hydroxylation is 3. The summed E-state index contributed by atoms with van der Waals surface area (Å²) in [6.07, 6.45) is 4.70. The predicted octanol–water partition coefficient (Wildman–Crippen LogP) is 8.41. The van der Waals surface area contributed by atoms with E-state index in [9.17, 15) is 0 Å². The van der Waals surface area contributed by atoms with Gasteiger partial charge >= 0.3 is 0 Å². The minimum absolute atomic E-state index is 0.236. The Bertz CT molecular complexity index is 1270. The van der Waals surface area contributed by atoms with E-state index < -0.39 is 0 Å². The summed E-state index contributed by atoms with van der Waals surface area (Å²) in [7, 11) is 0. The van der Waals surface area contributed by atoms with Crippen molar-refractivity contribution in [2.75, 3.05) is 0 Å². The van der Waals surface area contributed by atoms with Crippen molar-refractivity contribution in [1.82, 2.24) is 9.38 Å². The predicted molar refractivity (Wildman–Crippen MR) is 136 cm³/mol. The molecule has 5 rings (SSSR count). The smallest absolute Gasteiger partial charge is 0.146 e. The molecule has 2 aromatic heterocycles. The molecule has 0 fully saturated rings. The second-order valence-electron chi connectivity index (χ2n) is 9.74. The highest BCUT2D eigenvalue weighted by Crippen LogP contribution is 2.44. The van der Waals surface area contributed by atoms with Crippen LogP contribution in [0.3, 0.4) is 0 Å². The summed E-state index contributed by atoms with van der Waals surface area (Å²) < 4.78 is 2.43. The maximum Gasteiger partial charge on any atom is 0.146 e. The minimum Gasteiger partial charge on any atom is -0.296 e. The molecule has 0 N–H and O–H groups in total. The summed E-state index contributed by atoms with van der Waals surface area (Å²) in [5, 5.41) is 2.75. The van der Waals surface area contributed by atoms with E-state index in [0.717, 1.165) is 17.6 Å². The Balaban J connectivity index is 0.00000112. The standard InChI is InChI=1S/C27H32N2.C2H6/c1-7-18-9-10-27(5,6)20-13-19-14-21(8-2)29-24-12-17(4)16(3)11-23(24)28-26(29)25(19)22(18)15-20;1-2/h11-15,18H,7-10H2,1-6H3;1-2H3. The summed E-state index contributed by atoms with van der Waals surface area (Å²) in [6, 6.07) is 12.0. The molecule has 31 heavy (non-hydrogen) atoms. The fourth-order valence-corrected chi connectivity index (χ4v) is 5.33. The molecule has 2 heterocycles. The molecule has 4 aromatic rings. The van der Waals surface area contributed by atoms with E-state index in [0.29, 0.717) is 5.92 Å². The van der Waals surface area contributed by atoms with Gasteiger partial charge in [-0.05, 0) is 96.7 Å². The normalized spacial score (nSPS) is 17.6. The third-order valence-corrected chi connectivity index (χ3v) is 7.50. The van der Waals surface area contributed by atoms with E-state index in [-0.39, 0.29) is 5.41 Å². The van der Waals surface area contributed by atoms with Gasteiger partial charge in [0, 0.05) is 11.1 Å². The molecule has 0 radical (unpaired) electrons. The topological polar surface area (TPSA) is 17.3 Å². The Morgan fingerprint density at radius 3 is 2.39 bits per heavy atom. The maximum atomic E-state index is 5.21. The number of fused-ring (bicyclic) bond motifs is 8. The van der Waals surface area contributed by atoms with Crippen LogP contribution >= 0.6 is 0 Å². The van der Waals surface area contributed by atoms with Crippen molar-refractivity contribution in [2.45, 2.75) is 92.4 Å². The van der Waals surface area contributed by atoms with Crippen LogP contribution in [0.15, 0.2) is 30.3 Å². The Morgan fingerprint density at radius 2 is 1.71 bits per heavy atom. The molecule has 164 valence electrons. The lowest BCUT2D eigenvalue weighted by molar-refractivity contribution is 0.440. The van der Waals surface area contributed by atoms with Crippen LogP contribution in [0.25, 0.3) is 27.5 Å².